The van der Waals surface area contributed by atoms with E-state index in [1.807, 2.05) is 0 Å². The first-order chi connectivity index (χ1) is 16.0. The molecule has 3 aromatic heterocycles. The number of aliphatic hydroxyl groups excluding tert-OH is 1. The number of β-amino-alcohol motifs (C(OH)–C–C–N with tert-alkyl or cyclic N) is 1. The molecule has 1 atom stereocenters. The fourth-order valence-corrected chi connectivity index (χ4v) is 3.57. The molecule has 0 spiro atoms. The molecule has 1 saturated heterocycles. The van der Waals surface area contributed by atoms with E-state index in [4.69, 9.17) is 0 Å². The van der Waals surface area contributed by atoms with Gasteiger partial charge in [-0.05, 0) is 18.6 Å². The van der Waals surface area contributed by atoms with Gasteiger partial charge in [-0.2, -0.15) is 13.2 Å². The Morgan fingerprint density at radius 2 is 2.00 bits per heavy atom. The number of nitrogens with one attached hydrogen (secondary N) is 1. The number of carbonyl (C=O) groups excluding carboxylic acids is 1. The summed E-state index contributed by atoms with van der Waals surface area (Å²) in [7, 11) is 0. The van der Waals surface area contributed by atoms with Gasteiger partial charge < -0.3 is 15.3 Å². The van der Waals surface area contributed by atoms with Gasteiger partial charge in [0.1, 0.15) is 23.2 Å². The number of nitrogens with zero attached hydrogens (tertiary/aromatic N) is 4. The van der Waals surface area contributed by atoms with Crippen molar-refractivity contribution in [3.05, 3.63) is 58.0 Å². The standard InChI is InChI=1S/C21H18F5N5O3/c1-2-15(21(24,25)26)28-20(34)13-9-31(19-14(23)5-10(22)6-27-19)18-12(17(13)33)3-4-16(29-18)30-7-11(32)8-30/h3-6,9,11,15,32H,2,7-8H2,1H3,(H,28,34)/t15-/m0/s1. The minimum absolute atomic E-state index is 0.152. The van der Waals surface area contributed by atoms with Crippen molar-refractivity contribution in [3.8, 4) is 5.82 Å². The molecular formula is C21H18F5N5O3. The van der Waals surface area contributed by atoms with Crippen LogP contribution in [0.5, 0.6) is 0 Å². The maximum Gasteiger partial charge on any atom is 0.408 e. The summed E-state index contributed by atoms with van der Waals surface area (Å²) < 4.78 is 68.4. The summed E-state index contributed by atoms with van der Waals surface area (Å²) in [5, 5.41) is 11.1. The second-order valence-corrected chi connectivity index (χ2v) is 7.78. The average molecular weight is 483 g/mol. The third kappa shape index (κ3) is 4.30. The van der Waals surface area contributed by atoms with Crippen molar-refractivity contribution >= 4 is 22.8 Å². The number of carbonyl (C=O) groups is 1. The van der Waals surface area contributed by atoms with Crippen LogP contribution in [-0.4, -0.2) is 57.0 Å². The van der Waals surface area contributed by atoms with Crippen molar-refractivity contribution in [2.45, 2.75) is 31.7 Å². The molecule has 0 unspecified atom stereocenters. The van der Waals surface area contributed by atoms with Crippen LogP contribution in [0.25, 0.3) is 16.9 Å². The van der Waals surface area contributed by atoms with E-state index in [1.165, 1.54) is 19.1 Å². The maximum absolute atomic E-state index is 14.6. The summed E-state index contributed by atoms with van der Waals surface area (Å²) in [6, 6.07) is 1.04. The first-order valence-corrected chi connectivity index (χ1v) is 10.2. The number of rotatable bonds is 5. The van der Waals surface area contributed by atoms with Gasteiger partial charge >= 0.3 is 6.18 Å². The number of hydrogen-bond donors (Lipinski definition) is 2. The van der Waals surface area contributed by atoms with Crippen molar-refractivity contribution in [1.29, 1.82) is 0 Å². The number of fused-ring (bicyclic) bond motifs is 1. The summed E-state index contributed by atoms with van der Waals surface area (Å²) in [4.78, 5) is 35.3. The highest BCUT2D eigenvalue weighted by atomic mass is 19.4. The second-order valence-electron chi connectivity index (χ2n) is 7.78. The fraction of sp³-hybridized carbons (Fsp3) is 0.333. The predicted molar refractivity (Wildman–Crippen MR) is 111 cm³/mol. The quantitative estimate of drug-likeness (QED) is 0.541. The highest BCUT2D eigenvalue weighted by Crippen LogP contribution is 2.25. The highest BCUT2D eigenvalue weighted by Gasteiger charge is 2.39. The molecule has 0 aromatic carbocycles. The van der Waals surface area contributed by atoms with E-state index in [9.17, 15) is 36.6 Å². The third-order valence-electron chi connectivity index (χ3n) is 5.39. The molecule has 0 aliphatic carbocycles. The van der Waals surface area contributed by atoms with Gasteiger partial charge in [-0.1, -0.05) is 6.92 Å². The lowest BCUT2D eigenvalue weighted by atomic mass is 10.1. The largest absolute Gasteiger partial charge is 0.408 e. The third-order valence-corrected chi connectivity index (χ3v) is 5.39. The molecule has 13 heteroatoms. The monoisotopic (exact) mass is 483 g/mol. The second kappa shape index (κ2) is 8.63. The van der Waals surface area contributed by atoms with Crippen LogP contribution in [0.15, 0.2) is 35.4 Å². The van der Waals surface area contributed by atoms with E-state index in [0.29, 0.717) is 18.1 Å². The van der Waals surface area contributed by atoms with Gasteiger partial charge in [0.2, 0.25) is 5.43 Å². The summed E-state index contributed by atoms with van der Waals surface area (Å²) in [6.07, 6.45) is -4.26. The van der Waals surface area contributed by atoms with Crippen molar-refractivity contribution in [1.82, 2.24) is 19.9 Å². The number of amides is 1. The van der Waals surface area contributed by atoms with Crippen LogP contribution in [0.3, 0.4) is 0 Å². The molecule has 4 rings (SSSR count). The van der Waals surface area contributed by atoms with Gasteiger partial charge in [0.05, 0.1) is 17.7 Å². The first-order valence-electron chi connectivity index (χ1n) is 10.2. The lowest BCUT2D eigenvalue weighted by Gasteiger charge is -2.36. The molecule has 1 amide bonds. The van der Waals surface area contributed by atoms with Crippen LogP contribution in [0.1, 0.15) is 23.7 Å². The molecule has 2 N–H and O–H groups in total. The molecule has 1 aliphatic heterocycles. The lowest BCUT2D eigenvalue weighted by molar-refractivity contribution is -0.153. The van der Waals surface area contributed by atoms with Crippen LogP contribution < -0.4 is 15.6 Å². The Balaban J connectivity index is 1.90. The molecule has 180 valence electrons. The lowest BCUT2D eigenvalue weighted by Crippen LogP contribution is -2.51. The number of hydrogen-bond acceptors (Lipinski definition) is 6. The minimum atomic E-state index is -4.75. The Bertz CT molecular complexity index is 1320. The Labute approximate surface area is 188 Å². The Hall–Kier alpha value is -3.61. The Kier molecular flexibility index (Phi) is 5.98. The molecule has 4 heterocycles. The van der Waals surface area contributed by atoms with E-state index in [0.717, 1.165) is 10.8 Å². The zero-order valence-electron chi connectivity index (χ0n) is 17.6. The van der Waals surface area contributed by atoms with Gasteiger partial charge in [0, 0.05) is 25.4 Å². The van der Waals surface area contributed by atoms with Crippen LogP contribution in [0, 0.1) is 11.6 Å². The zero-order valence-corrected chi connectivity index (χ0v) is 17.6. The van der Waals surface area contributed by atoms with Gasteiger partial charge in [-0.25, -0.2) is 18.7 Å². The highest BCUT2D eigenvalue weighted by molar-refractivity contribution is 5.97. The van der Waals surface area contributed by atoms with Gasteiger partial charge in [-0.3, -0.25) is 14.2 Å². The summed E-state index contributed by atoms with van der Waals surface area (Å²) in [5.41, 5.74) is -1.78. The number of pyridine rings is 3. The normalized spacial score (nSPS) is 15.3. The van der Waals surface area contributed by atoms with Crippen LogP contribution in [0.2, 0.25) is 0 Å². The fourth-order valence-electron chi connectivity index (χ4n) is 3.57. The van der Waals surface area contributed by atoms with Crippen molar-refractivity contribution in [3.63, 3.8) is 0 Å². The number of aromatic nitrogens is 3. The predicted octanol–water partition coefficient (Wildman–Crippen LogP) is 2.31. The average Bonchev–Trinajstić information content (AvgIpc) is 2.75. The number of aliphatic hydroxyl groups is 1. The van der Waals surface area contributed by atoms with Crippen LogP contribution >= 0.6 is 0 Å². The molecule has 3 aromatic rings. The summed E-state index contributed by atoms with van der Waals surface area (Å²) in [6.45, 7) is 1.75. The molecule has 1 aliphatic rings. The van der Waals surface area contributed by atoms with E-state index in [1.54, 1.807) is 10.2 Å². The molecular weight excluding hydrogens is 465 g/mol. The van der Waals surface area contributed by atoms with Crippen LogP contribution in [0.4, 0.5) is 27.8 Å². The molecule has 34 heavy (non-hydrogen) atoms. The molecule has 0 saturated carbocycles. The smallest absolute Gasteiger partial charge is 0.389 e. The number of alkyl halides is 3. The summed E-state index contributed by atoms with van der Waals surface area (Å²) >= 11 is 0. The molecule has 1 fully saturated rings. The van der Waals surface area contributed by atoms with Crippen molar-refractivity contribution in [2.75, 3.05) is 18.0 Å². The summed E-state index contributed by atoms with van der Waals surface area (Å²) in [5.74, 6) is -3.64. The number of anilines is 1. The van der Waals surface area contributed by atoms with Crippen LogP contribution in [-0.2, 0) is 0 Å². The van der Waals surface area contributed by atoms with E-state index < -0.39 is 59.1 Å². The minimum Gasteiger partial charge on any atom is -0.389 e. The molecule has 0 bridgehead atoms. The topological polar surface area (TPSA) is 100 Å². The molecule has 0 radical (unpaired) electrons. The first kappa shape index (κ1) is 23.5. The Morgan fingerprint density at radius 1 is 1.29 bits per heavy atom. The zero-order chi connectivity index (χ0) is 24.8. The maximum atomic E-state index is 14.6. The van der Waals surface area contributed by atoms with Gasteiger partial charge in [-0.15, -0.1) is 0 Å². The van der Waals surface area contributed by atoms with Gasteiger partial charge in [0.15, 0.2) is 17.3 Å². The van der Waals surface area contributed by atoms with Crippen molar-refractivity contribution in [2.24, 2.45) is 0 Å². The van der Waals surface area contributed by atoms with E-state index >= 15 is 0 Å². The SMILES string of the molecule is CC[C@H](NC(=O)c1cn(-c2ncc(F)cc2F)c2nc(N3CC(O)C3)ccc2c1=O)C(F)(F)F. The van der Waals surface area contributed by atoms with Crippen molar-refractivity contribution < 1.29 is 31.9 Å². The van der Waals surface area contributed by atoms with E-state index in [-0.39, 0.29) is 24.1 Å². The Morgan fingerprint density at radius 3 is 2.59 bits per heavy atom. The van der Waals surface area contributed by atoms with E-state index in [2.05, 4.69) is 9.97 Å². The number of halogens is 5. The van der Waals surface area contributed by atoms with Gasteiger partial charge in [0.25, 0.3) is 5.91 Å². The molecule has 8 nitrogen and oxygen atoms in total.